The van der Waals surface area contributed by atoms with E-state index >= 15 is 0 Å². The molecule has 1 aromatic heterocycles. The number of hydrogen-bond acceptors (Lipinski definition) is 10. The maximum atomic E-state index is 12.9. The molecule has 0 fully saturated rings. The largest absolute Gasteiger partial charge is 0.493 e. The van der Waals surface area contributed by atoms with Gasteiger partial charge in [0.25, 0.3) is 0 Å². The molecule has 4 aromatic rings. The molecule has 0 aliphatic heterocycles. The van der Waals surface area contributed by atoms with Crippen LogP contribution in [0.3, 0.4) is 0 Å². The van der Waals surface area contributed by atoms with Crippen LogP contribution in [-0.4, -0.2) is 45.8 Å². The molecule has 0 spiro atoms. The first kappa shape index (κ1) is 28.5. The quantitative estimate of drug-likeness (QED) is 0.213. The highest BCUT2D eigenvalue weighted by Crippen LogP contribution is 2.39. The number of sulfone groups is 1. The third-order valence-corrected chi connectivity index (χ3v) is 8.01. The summed E-state index contributed by atoms with van der Waals surface area (Å²) in [6.07, 6.45) is 2.75. The number of nitrogens with zero attached hydrogens (tertiary/aromatic N) is 2. The van der Waals surface area contributed by atoms with Crippen LogP contribution in [0.2, 0.25) is 0 Å². The number of anilines is 3. The van der Waals surface area contributed by atoms with E-state index in [1.165, 1.54) is 0 Å². The van der Waals surface area contributed by atoms with E-state index in [4.69, 9.17) is 25.7 Å². The number of ether oxygens (including phenoxy) is 3. The summed E-state index contributed by atoms with van der Waals surface area (Å²) in [5, 5.41) is 3.29. The van der Waals surface area contributed by atoms with Crippen LogP contribution in [0.25, 0.3) is 0 Å². The van der Waals surface area contributed by atoms with Gasteiger partial charge in [0.15, 0.2) is 11.5 Å². The molecule has 0 amide bonds. The molecule has 0 atom stereocenters. The van der Waals surface area contributed by atoms with Gasteiger partial charge in [-0.3, -0.25) is 0 Å². The lowest BCUT2D eigenvalue weighted by Gasteiger charge is -2.17. The molecule has 40 heavy (non-hydrogen) atoms. The molecule has 10 nitrogen and oxygen atoms in total. The number of nitrogens with two attached hydrogens (primary N) is 2. The standard InChI is InChI=1S/C29H33N5O5S/c1-19-5-9-23(10-6-19)40(35,36)24-11-7-22(8-12-24)32-13-4-14-39-27-25(37-2)16-20(17-26(27)38-3)15-21-18-33-29(31)34-28(21)30/h5-12,16-18,32H,4,13-15H2,1-3H3,(H4,30,31,33,34). The van der Waals surface area contributed by atoms with Crippen LogP contribution in [0, 0.1) is 6.92 Å². The first-order valence-electron chi connectivity index (χ1n) is 12.6. The highest BCUT2D eigenvalue weighted by molar-refractivity contribution is 7.91. The minimum atomic E-state index is -3.56. The van der Waals surface area contributed by atoms with Gasteiger partial charge in [-0.15, -0.1) is 0 Å². The molecule has 0 radical (unpaired) electrons. The van der Waals surface area contributed by atoms with Crippen LogP contribution in [0.4, 0.5) is 17.5 Å². The summed E-state index contributed by atoms with van der Waals surface area (Å²) in [5.41, 5.74) is 15.0. The molecule has 11 heteroatoms. The molecule has 0 saturated carbocycles. The van der Waals surface area contributed by atoms with Crippen molar-refractivity contribution in [2.24, 2.45) is 0 Å². The van der Waals surface area contributed by atoms with E-state index in [1.54, 1.807) is 68.9 Å². The van der Waals surface area contributed by atoms with Gasteiger partial charge in [-0.2, -0.15) is 4.98 Å². The lowest BCUT2D eigenvalue weighted by molar-refractivity contribution is 0.273. The first-order chi connectivity index (χ1) is 19.2. The van der Waals surface area contributed by atoms with E-state index in [1.807, 2.05) is 19.1 Å². The number of methoxy groups -OCH3 is 2. The third kappa shape index (κ3) is 6.73. The summed E-state index contributed by atoms with van der Waals surface area (Å²) < 4.78 is 42.9. The number of hydrogen-bond donors (Lipinski definition) is 3. The molecule has 0 aliphatic carbocycles. The maximum absolute atomic E-state index is 12.9. The highest BCUT2D eigenvalue weighted by Gasteiger charge is 2.18. The molecule has 3 aromatic carbocycles. The Morgan fingerprint density at radius 2 is 1.50 bits per heavy atom. The van der Waals surface area contributed by atoms with E-state index in [9.17, 15) is 8.42 Å². The van der Waals surface area contributed by atoms with Gasteiger partial charge in [0.1, 0.15) is 5.82 Å². The average molecular weight is 564 g/mol. The molecule has 5 N–H and O–H groups in total. The van der Waals surface area contributed by atoms with Gasteiger partial charge in [-0.05, 0) is 67.4 Å². The zero-order valence-electron chi connectivity index (χ0n) is 22.7. The Bertz CT molecular complexity index is 1530. The lowest BCUT2D eigenvalue weighted by atomic mass is 10.1. The monoisotopic (exact) mass is 563 g/mol. The minimum absolute atomic E-state index is 0.123. The van der Waals surface area contributed by atoms with Crippen molar-refractivity contribution in [3.8, 4) is 17.2 Å². The van der Waals surface area contributed by atoms with Gasteiger partial charge in [0, 0.05) is 30.4 Å². The van der Waals surface area contributed by atoms with Crippen LogP contribution in [0.1, 0.15) is 23.1 Å². The van der Waals surface area contributed by atoms with Gasteiger partial charge in [0.2, 0.25) is 21.5 Å². The summed E-state index contributed by atoms with van der Waals surface area (Å²) in [5.74, 6) is 2.00. The number of aryl methyl sites for hydroxylation is 1. The summed E-state index contributed by atoms with van der Waals surface area (Å²) in [6.45, 7) is 2.93. The van der Waals surface area contributed by atoms with Crippen molar-refractivity contribution < 1.29 is 22.6 Å². The van der Waals surface area contributed by atoms with E-state index < -0.39 is 9.84 Å². The molecule has 0 unspecified atom stereocenters. The molecule has 4 rings (SSSR count). The van der Waals surface area contributed by atoms with Gasteiger partial charge in [-0.25, -0.2) is 13.4 Å². The number of rotatable bonds is 12. The highest BCUT2D eigenvalue weighted by atomic mass is 32.2. The Kier molecular flexibility index (Phi) is 8.95. The third-order valence-electron chi connectivity index (χ3n) is 6.22. The Morgan fingerprint density at radius 1 is 0.900 bits per heavy atom. The van der Waals surface area contributed by atoms with Crippen LogP contribution >= 0.6 is 0 Å². The molecular formula is C29H33N5O5S. The smallest absolute Gasteiger partial charge is 0.221 e. The fourth-order valence-corrected chi connectivity index (χ4v) is 5.31. The second-order valence-electron chi connectivity index (χ2n) is 9.11. The van der Waals surface area contributed by atoms with Crippen molar-refractivity contribution >= 4 is 27.3 Å². The SMILES string of the molecule is COc1cc(Cc2cnc(N)nc2N)cc(OC)c1OCCCNc1ccc(S(=O)(=O)c2ccc(C)cc2)cc1. The average Bonchev–Trinajstić information content (AvgIpc) is 2.95. The molecule has 0 bridgehead atoms. The number of nitrogens with one attached hydrogen (secondary N) is 1. The summed E-state index contributed by atoms with van der Waals surface area (Å²) in [6, 6.07) is 17.3. The van der Waals surface area contributed by atoms with Crippen molar-refractivity contribution in [3.63, 3.8) is 0 Å². The van der Waals surface area contributed by atoms with E-state index in [-0.39, 0.29) is 15.7 Å². The Hall–Kier alpha value is -4.51. The summed E-state index contributed by atoms with van der Waals surface area (Å²) in [4.78, 5) is 8.55. The molecular weight excluding hydrogens is 530 g/mol. The van der Waals surface area contributed by atoms with Crippen molar-refractivity contribution in [1.82, 2.24) is 9.97 Å². The molecule has 1 heterocycles. The normalized spacial score (nSPS) is 11.2. The van der Waals surface area contributed by atoms with Gasteiger partial charge in [0.05, 0.1) is 30.6 Å². The van der Waals surface area contributed by atoms with Crippen LogP contribution in [0.5, 0.6) is 17.2 Å². The van der Waals surface area contributed by atoms with Crippen molar-refractivity contribution in [2.45, 2.75) is 29.6 Å². The van der Waals surface area contributed by atoms with Crippen molar-refractivity contribution in [1.29, 1.82) is 0 Å². The zero-order valence-corrected chi connectivity index (χ0v) is 23.5. The molecule has 0 aliphatic rings. The molecule has 0 saturated heterocycles. The zero-order chi connectivity index (χ0) is 28.7. The number of nitrogen functional groups attached to an aromatic ring is 2. The van der Waals surface area contributed by atoms with Crippen LogP contribution in [-0.2, 0) is 16.3 Å². The Labute approximate surface area is 234 Å². The predicted octanol–water partition coefficient (Wildman–Crippen LogP) is 4.27. The van der Waals surface area contributed by atoms with Crippen molar-refractivity contribution in [3.05, 3.63) is 83.6 Å². The summed E-state index contributed by atoms with van der Waals surface area (Å²) >= 11 is 0. The Morgan fingerprint density at radius 3 is 2.08 bits per heavy atom. The Balaban J connectivity index is 1.33. The minimum Gasteiger partial charge on any atom is -0.493 e. The number of aromatic nitrogens is 2. The number of benzene rings is 3. The van der Waals surface area contributed by atoms with Crippen LogP contribution < -0.4 is 31.0 Å². The van der Waals surface area contributed by atoms with E-state index in [0.717, 1.165) is 22.4 Å². The lowest BCUT2D eigenvalue weighted by Crippen LogP contribution is -2.09. The predicted molar refractivity (Wildman–Crippen MR) is 155 cm³/mol. The van der Waals surface area contributed by atoms with E-state index in [2.05, 4.69) is 15.3 Å². The second kappa shape index (κ2) is 12.6. The van der Waals surface area contributed by atoms with Crippen LogP contribution in [0.15, 0.2) is 76.7 Å². The second-order valence-corrected chi connectivity index (χ2v) is 11.1. The van der Waals surface area contributed by atoms with E-state index in [0.29, 0.717) is 49.1 Å². The van der Waals surface area contributed by atoms with Gasteiger partial charge < -0.3 is 31.0 Å². The maximum Gasteiger partial charge on any atom is 0.221 e. The van der Waals surface area contributed by atoms with Crippen molar-refractivity contribution in [2.75, 3.05) is 44.2 Å². The first-order valence-corrected chi connectivity index (χ1v) is 14.1. The fourth-order valence-electron chi connectivity index (χ4n) is 4.05. The van der Waals surface area contributed by atoms with Gasteiger partial charge >= 0.3 is 0 Å². The summed E-state index contributed by atoms with van der Waals surface area (Å²) in [7, 11) is -0.428. The van der Waals surface area contributed by atoms with Gasteiger partial charge in [-0.1, -0.05) is 17.7 Å². The topological polar surface area (TPSA) is 152 Å². The fraction of sp³-hybridized carbons (Fsp3) is 0.241. The molecule has 210 valence electrons.